The summed E-state index contributed by atoms with van der Waals surface area (Å²) in [6.07, 6.45) is 13.5. The van der Waals surface area contributed by atoms with Gasteiger partial charge in [0, 0.05) is 13.1 Å². The van der Waals surface area contributed by atoms with Crippen molar-refractivity contribution in [1.82, 2.24) is 9.47 Å². The molecule has 4 nitrogen and oxygen atoms in total. The molecule has 0 radical (unpaired) electrons. The molecule has 1 spiro atoms. The van der Waals surface area contributed by atoms with Gasteiger partial charge < -0.3 is 28.9 Å². The van der Waals surface area contributed by atoms with E-state index in [1.54, 1.807) is 4.57 Å². The van der Waals surface area contributed by atoms with E-state index < -0.39 is 0 Å². The second kappa shape index (κ2) is 5.81. The summed E-state index contributed by atoms with van der Waals surface area (Å²) in [6.45, 7) is 1.86. The Kier molecular flexibility index (Phi) is 4.53. The van der Waals surface area contributed by atoms with Crippen LogP contribution < -0.4 is 28.5 Å². The Balaban J connectivity index is 0.00000133. The summed E-state index contributed by atoms with van der Waals surface area (Å²) in [5.74, 6) is 0. The topological polar surface area (TPSA) is 29.1 Å². The lowest BCUT2D eigenvalue weighted by atomic mass is 9.77. The predicted octanol–water partition coefficient (Wildman–Crippen LogP) is -1.06. The maximum absolute atomic E-state index is 12.3. The van der Waals surface area contributed by atoms with Gasteiger partial charge in [0.25, 0.3) is 6.33 Å². The molecule has 2 fully saturated rings. The van der Waals surface area contributed by atoms with Crippen LogP contribution in [0.5, 0.6) is 0 Å². The van der Waals surface area contributed by atoms with E-state index in [2.05, 4.69) is 0 Å². The van der Waals surface area contributed by atoms with Crippen LogP contribution in [0.3, 0.4) is 0 Å². The van der Waals surface area contributed by atoms with Gasteiger partial charge in [-0.25, -0.2) is 9.36 Å². The SMILES string of the molecule is C[n+]1ccn(C(=O)N2CCC3(CCCC3)CC2)c1.[I-]. The van der Waals surface area contributed by atoms with Crippen molar-refractivity contribution in [2.45, 2.75) is 38.5 Å². The van der Waals surface area contributed by atoms with Crippen LogP contribution in [0.15, 0.2) is 18.7 Å². The van der Waals surface area contributed by atoms with Crippen molar-refractivity contribution < 1.29 is 33.3 Å². The summed E-state index contributed by atoms with van der Waals surface area (Å²) in [7, 11) is 1.94. The Morgan fingerprint density at radius 3 is 2.32 bits per heavy atom. The lowest BCUT2D eigenvalue weighted by Crippen LogP contribution is -3.00. The van der Waals surface area contributed by atoms with Crippen LogP contribution in [0.2, 0.25) is 0 Å². The molecule has 1 aromatic heterocycles. The minimum absolute atomic E-state index is 0. The maximum atomic E-state index is 12.3. The second-order valence-corrected chi connectivity index (χ2v) is 5.96. The molecule has 0 aromatic carbocycles. The molecule has 3 rings (SSSR count). The van der Waals surface area contributed by atoms with Crippen molar-refractivity contribution in [3.63, 3.8) is 0 Å². The van der Waals surface area contributed by atoms with Crippen molar-refractivity contribution >= 4 is 6.03 Å². The standard InChI is InChI=1S/C14H22N3O.HI/c1-15-10-11-17(12-15)13(18)16-8-6-14(7-9-16)4-2-3-5-14;/h10-12H,2-9H2,1H3;1H/q+1;/p-1. The zero-order valence-electron chi connectivity index (χ0n) is 11.5. The number of likely N-dealkylation sites (tertiary alicyclic amines) is 1. The summed E-state index contributed by atoms with van der Waals surface area (Å²) in [6, 6.07) is 0.128. The van der Waals surface area contributed by atoms with Gasteiger partial charge in [0.1, 0.15) is 12.4 Å². The molecule has 0 unspecified atom stereocenters. The molecule has 0 atom stereocenters. The molecular weight excluding hydrogens is 353 g/mol. The summed E-state index contributed by atoms with van der Waals surface area (Å²) in [5.41, 5.74) is 0.581. The number of nitrogens with zero attached hydrogens (tertiary/aromatic N) is 3. The number of hydrogen-bond acceptors (Lipinski definition) is 1. The fraction of sp³-hybridized carbons (Fsp3) is 0.714. The molecule has 1 saturated heterocycles. The fourth-order valence-corrected chi connectivity index (χ4v) is 3.52. The van der Waals surface area contributed by atoms with E-state index in [0.717, 1.165) is 13.1 Å². The number of carbonyl (C=O) groups is 1. The molecular formula is C14H22IN3O. The first-order chi connectivity index (χ1) is 8.69. The first kappa shape index (κ1) is 14.8. The number of imidazole rings is 1. The first-order valence-corrected chi connectivity index (χ1v) is 7.01. The van der Waals surface area contributed by atoms with Crippen LogP contribution in [0.4, 0.5) is 4.79 Å². The lowest BCUT2D eigenvalue weighted by Gasteiger charge is -2.38. The molecule has 106 valence electrons. The van der Waals surface area contributed by atoms with E-state index >= 15 is 0 Å². The number of hydrogen-bond donors (Lipinski definition) is 0. The predicted molar refractivity (Wildman–Crippen MR) is 68.1 cm³/mol. The molecule has 1 aliphatic carbocycles. The molecule has 1 saturated carbocycles. The molecule has 0 N–H and O–H groups in total. The highest BCUT2D eigenvalue weighted by atomic mass is 127. The fourth-order valence-electron chi connectivity index (χ4n) is 3.52. The van der Waals surface area contributed by atoms with Crippen molar-refractivity contribution in [2.75, 3.05) is 13.1 Å². The number of aryl methyl sites for hydroxylation is 1. The van der Waals surface area contributed by atoms with E-state index in [-0.39, 0.29) is 30.0 Å². The Morgan fingerprint density at radius 2 is 1.79 bits per heavy atom. The van der Waals surface area contributed by atoms with E-state index in [4.69, 9.17) is 0 Å². The monoisotopic (exact) mass is 375 g/mol. The first-order valence-electron chi connectivity index (χ1n) is 7.01. The van der Waals surface area contributed by atoms with Crippen LogP contribution in [-0.2, 0) is 7.05 Å². The van der Waals surface area contributed by atoms with Crippen molar-refractivity contribution in [3.05, 3.63) is 18.7 Å². The molecule has 2 heterocycles. The zero-order valence-corrected chi connectivity index (χ0v) is 13.7. The van der Waals surface area contributed by atoms with Gasteiger partial charge in [-0.05, 0) is 31.1 Å². The van der Waals surface area contributed by atoms with E-state index in [1.165, 1.54) is 38.5 Å². The van der Waals surface area contributed by atoms with E-state index in [1.807, 2.05) is 35.2 Å². The summed E-state index contributed by atoms with van der Waals surface area (Å²) < 4.78 is 3.59. The zero-order chi connectivity index (χ0) is 12.6. The smallest absolute Gasteiger partial charge is 0.415 e. The molecule has 5 heteroatoms. The van der Waals surface area contributed by atoms with Crippen LogP contribution in [0, 0.1) is 5.41 Å². The summed E-state index contributed by atoms with van der Waals surface area (Å²) in [5, 5.41) is 0. The van der Waals surface area contributed by atoms with Crippen molar-refractivity contribution in [2.24, 2.45) is 12.5 Å². The number of rotatable bonds is 0. The molecule has 2 aliphatic rings. The molecule has 1 aliphatic heterocycles. The normalized spacial score (nSPS) is 21.4. The molecule has 19 heavy (non-hydrogen) atoms. The van der Waals surface area contributed by atoms with Gasteiger partial charge in [-0.3, -0.25) is 0 Å². The Hall–Kier alpha value is -0.590. The number of amides is 1. The van der Waals surface area contributed by atoms with Crippen molar-refractivity contribution in [1.29, 1.82) is 0 Å². The second-order valence-electron chi connectivity index (χ2n) is 5.96. The minimum Gasteiger partial charge on any atom is -1.00 e. The van der Waals surface area contributed by atoms with Gasteiger partial charge >= 0.3 is 6.03 Å². The Bertz CT molecular complexity index is 441. The number of aromatic nitrogens is 2. The van der Waals surface area contributed by atoms with Crippen LogP contribution in [-0.4, -0.2) is 28.6 Å². The van der Waals surface area contributed by atoms with Gasteiger partial charge in [0.05, 0.1) is 7.05 Å². The van der Waals surface area contributed by atoms with Gasteiger partial charge in [-0.2, -0.15) is 4.57 Å². The highest BCUT2D eigenvalue weighted by molar-refractivity contribution is 5.76. The van der Waals surface area contributed by atoms with E-state index in [0.29, 0.717) is 5.41 Å². The Morgan fingerprint density at radius 1 is 1.16 bits per heavy atom. The van der Waals surface area contributed by atoms with Gasteiger partial charge in [0.15, 0.2) is 0 Å². The third kappa shape index (κ3) is 2.95. The van der Waals surface area contributed by atoms with Gasteiger partial charge in [0.2, 0.25) is 0 Å². The average Bonchev–Trinajstić information content (AvgIpc) is 3.00. The quantitative estimate of drug-likeness (QED) is 0.420. The summed E-state index contributed by atoms with van der Waals surface area (Å²) in [4.78, 5) is 14.3. The third-order valence-corrected chi connectivity index (χ3v) is 4.75. The minimum atomic E-state index is 0. The highest BCUT2D eigenvalue weighted by Gasteiger charge is 2.38. The van der Waals surface area contributed by atoms with Gasteiger partial charge in [-0.15, -0.1) is 0 Å². The summed E-state index contributed by atoms with van der Waals surface area (Å²) >= 11 is 0. The maximum Gasteiger partial charge on any atom is 0.415 e. The lowest BCUT2D eigenvalue weighted by molar-refractivity contribution is -0.670. The van der Waals surface area contributed by atoms with Gasteiger partial charge in [-0.1, -0.05) is 12.8 Å². The average molecular weight is 375 g/mol. The third-order valence-electron chi connectivity index (χ3n) is 4.75. The number of halogens is 1. The van der Waals surface area contributed by atoms with Crippen molar-refractivity contribution in [3.8, 4) is 0 Å². The largest absolute Gasteiger partial charge is 1.00 e. The molecule has 1 amide bonds. The van der Waals surface area contributed by atoms with Crippen LogP contribution >= 0.6 is 0 Å². The molecule has 1 aromatic rings. The van der Waals surface area contributed by atoms with Crippen LogP contribution in [0.25, 0.3) is 0 Å². The Labute approximate surface area is 131 Å². The number of piperidine rings is 1. The van der Waals surface area contributed by atoms with E-state index in [9.17, 15) is 4.79 Å². The highest BCUT2D eigenvalue weighted by Crippen LogP contribution is 2.46. The number of carbonyl (C=O) groups excluding carboxylic acids is 1. The van der Waals surface area contributed by atoms with Crippen LogP contribution in [0.1, 0.15) is 38.5 Å². The molecule has 0 bridgehead atoms.